The van der Waals surface area contributed by atoms with Crippen LogP contribution in [-0.2, 0) is 16.0 Å². The second-order valence-electron chi connectivity index (χ2n) is 8.41. The van der Waals surface area contributed by atoms with Crippen molar-refractivity contribution >= 4 is 11.6 Å². The lowest BCUT2D eigenvalue weighted by molar-refractivity contribution is -0.118. The molecule has 2 aromatic rings. The summed E-state index contributed by atoms with van der Waals surface area (Å²) in [7, 11) is 0. The lowest BCUT2D eigenvalue weighted by Gasteiger charge is -2.34. The second kappa shape index (κ2) is 12.4. The van der Waals surface area contributed by atoms with Crippen LogP contribution in [0.15, 0.2) is 47.6 Å². The number of nitrogens with one attached hydrogen (secondary N) is 1. The Morgan fingerprint density at radius 3 is 2.59 bits per heavy atom. The van der Waals surface area contributed by atoms with E-state index in [0.717, 1.165) is 0 Å². The SMILES string of the molecule is [N-]=[N+]=N[C@@H](C(=O)Nc1cccc(F)c1CCC(N)CO)[C@@H](c1ccc(F)cc1)C1CCOCC1. The van der Waals surface area contributed by atoms with E-state index < -0.39 is 35.5 Å². The van der Waals surface area contributed by atoms with Crippen molar-refractivity contribution in [2.45, 2.75) is 43.7 Å². The molecule has 8 nitrogen and oxygen atoms in total. The molecule has 2 aromatic carbocycles. The van der Waals surface area contributed by atoms with Gasteiger partial charge in [-0.05, 0) is 67.0 Å². The summed E-state index contributed by atoms with van der Waals surface area (Å²) in [6.07, 6.45) is 1.83. The van der Waals surface area contributed by atoms with Gasteiger partial charge in [0.1, 0.15) is 17.7 Å². The zero-order chi connectivity index (χ0) is 24.5. The predicted octanol–water partition coefficient (Wildman–Crippen LogP) is 4.04. The van der Waals surface area contributed by atoms with E-state index in [-0.39, 0.29) is 30.2 Å². The smallest absolute Gasteiger partial charge is 0.234 e. The third kappa shape index (κ3) is 6.51. The molecular weight excluding hydrogens is 444 g/mol. The van der Waals surface area contributed by atoms with Crippen LogP contribution < -0.4 is 11.1 Å². The Hall–Kier alpha value is -3.04. The molecule has 1 saturated heterocycles. The molecule has 1 heterocycles. The summed E-state index contributed by atoms with van der Waals surface area (Å²) in [5.41, 5.74) is 16.2. The number of hydrogen-bond donors (Lipinski definition) is 3. The molecule has 1 amide bonds. The van der Waals surface area contributed by atoms with Crippen LogP contribution in [0.2, 0.25) is 0 Å². The zero-order valence-corrected chi connectivity index (χ0v) is 18.7. The largest absolute Gasteiger partial charge is 0.395 e. The molecule has 0 spiro atoms. The summed E-state index contributed by atoms with van der Waals surface area (Å²) >= 11 is 0. The first kappa shape index (κ1) is 25.6. The summed E-state index contributed by atoms with van der Waals surface area (Å²) in [5.74, 6) is -2.06. The average Bonchev–Trinajstić information content (AvgIpc) is 2.85. The highest BCUT2D eigenvalue weighted by molar-refractivity contribution is 5.96. The first-order chi connectivity index (χ1) is 16.4. The number of hydrogen-bond acceptors (Lipinski definition) is 5. The maximum Gasteiger partial charge on any atom is 0.234 e. The Bertz CT molecular complexity index is 1010. The maximum absolute atomic E-state index is 14.6. The number of nitrogens with two attached hydrogens (primary N) is 1. The third-order valence-electron chi connectivity index (χ3n) is 6.19. The summed E-state index contributed by atoms with van der Waals surface area (Å²) in [4.78, 5) is 16.3. The maximum atomic E-state index is 14.6. The fourth-order valence-corrected chi connectivity index (χ4v) is 4.37. The number of azide groups is 1. The zero-order valence-electron chi connectivity index (χ0n) is 18.7. The van der Waals surface area contributed by atoms with Crippen LogP contribution in [0.3, 0.4) is 0 Å². The van der Waals surface area contributed by atoms with Crippen LogP contribution >= 0.6 is 0 Å². The van der Waals surface area contributed by atoms with E-state index in [4.69, 9.17) is 10.5 Å². The fourth-order valence-electron chi connectivity index (χ4n) is 4.37. The van der Waals surface area contributed by atoms with Crippen molar-refractivity contribution in [2.24, 2.45) is 16.8 Å². The minimum Gasteiger partial charge on any atom is -0.395 e. The number of anilines is 1. The van der Waals surface area contributed by atoms with Gasteiger partial charge in [-0.1, -0.05) is 23.3 Å². The van der Waals surface area contributed by atoms with Crippen molar-refractivity contribution in [3.63, 3.8) is 0 Å². The number of amides is 1. The van der Waals surface area contributed by atoms with Gasteiger partial charge in [-0.15, -0.1) is 0 Å². The van der Waals surface area contributed by atoms with E-state index >= 15 is 0 Å². The Labute approximate surface area is 196 Å². The highest BCUT2D eigenvalue weighted by atomic mass is 19.1. The van der Waals surface area contributed by atoms with Gasteiger partial charge in [-0.2, -0.15) is 0 Å². The third-order valence-corrected chi connectivity index (χ3v) is 6.19. The number of benzene rings is 2. The van der Waals surface area contributed by atoms with Gasteiger partial charge in [0.15, 0.2) is 0 Å². The Kier molecular flexibility index (Phi) is 9.35. The number of aliphatic hydroxyl groups excluding tert-OH is 1. The van der Waals surface area contributed by atoms with Crippen LogP contribution in [-0.4, -0.2) is 42.9 Å². The van der Waals surface area contributed by atoms with Gasteiger partial charge in [0.25, 0.3) is 0 Å². The summed E-state index contributed by atoms with van der Waals surface area (Å²) in [6.45, 7) is 0.776. The van der Waals surface area contributed by atoms with E-state index in [1.807, 2.05) is 0 Å². The lowest BCUT2D eigenvalue weighted by Crippen LogP contribution is -2.37. The second-order valence-corrected chi connectivity index (χ2v) is 8.41. The average molecular weight is 474 g/mol. The van der Waals surface area contributed by atoms with Crippen molar-refractivity contribution in [3.8, 4) is 0 Å². The number of ether oxygens (including phenoxy) is 1. The Balaban J connectivity index is 1.92. The molecule has 1 aliphatic heterocycles. The normalized spacial score (nSPS) is 16.8. The van der Waals surface area contributed by atoms with Crippen LogP contribution in [0.25, 0.3) is 10.4 Å². The molecule has 0 bridgehead atoms. The van der Waals surface area contributed by atoms with Crippen LogP contribution in [0.1, 0.15) is 36.3 Å². The molecule has 0 aliphatic carbocycles. The molecule has 3 atom stereocenters. The number of carbonyl (C=O) groups is 1. The number of rotatable bonds is 10. The molecular formula is C24H29F2N5O3. The van der Waals surface area contributed by atoms with Crippen molar-refractivity contribution in [3.05, 3.63) is 75.7 Å². The number of aliphatic hydroxyl groups is 1. The Morgan fingerprint density at radius 2 is 1.94 bits per heavy atom. The van der Waals surface area contributed by atoms with Crippen molar-refractivity contribution in [1.29, 1.82) is 0 Å². The number of nitrogens with zero attached hydrogens (tertiary/aromatic N) is 3. The van der Waals surface area contributed by atoms with Gasteiger partial charge in [0.05, 0.1) is 6.61 Å². The molecule has 10 heteroatoms. The molecule has 3 rings (SSSR count). The van der Waals surface area contributed by atoms with Crippen molar-refractivity contribution in [1.82, 2.24) is 0 Å². The lowest BCUT2D eigenvalue weighted by atomic mass is 9.76. The molecule has 1 unspecified atom stereocenters. The quantitative estimate of drug-likeness (QED) is 0.273. The molecule has 4 N–H and O–H groups in total. The number of halogens is 2. The standard InChI is InChI=1S/C24H29F2N5O3/c25-17-6-4-15(5-7-17)22(16-10-12-34-13-11-16)23(30-31-28)24(33)29-21-3-1-2-20(26)19(21)9-8-18(27)14-32/h1-7,16,18,22-23,32H,8-14,27H2,(H,29,33)/t18?,22-,23+/m0/s1. The molecule has 0 saturated carbocycles. The fraction of sp³-hybridized carbons (Fsp3) is 0.458. The number of carbonyl (C=O) groups excluding carboxylic acids is 1. The molecule has 34 heavy (non-hydrogen) atoms. The van der Waals surface area contributed by atoms with Crippen LogP contribution in [0.5, 0.6) is 0 Å². The molecule has 1 aliphatic rings. The van der Waals surface area contributed by atoms with E-state index in [2.05, 4.69) is 15.3 Å². The first-order valence-electron chi connectivity index (χ1n) is 11.3. The summed E-state index contributed by atoms with van der Waals surface area (Å²) in [6, 6.07) is 8.45. The van der Waals surface area contributed by atoms with Gasteiger partial charge in [0, 0.05) is 41.3 Å². The van der Waals surface area contributed by atoms with Crippen molar-refractivity contribution in [2.75, 3.05) is 25.1 Å². The highest BCUT2D eigenvalue weighted by Crippen LogP contribution is 2.37. The molecule has 0 radical (unpaired) electrons. The van der Waals surface area contributed by atoms with Gasteiger partial charge >= 0.3 is 0 Å². The molecule has 182 valence electrons. The van der Waals surface area contributed by atoms with E-state index in [1.165, 1.54) is 24.3 Å². The Morgan fingerprint density at radius 1 is 1.24 bits per heavy atom. The van der Waals surface area contributed by atoms with Crippen LogP contribution in [0.4, 0.5) is 14.5 Å². The van der Waals surface area contributed by atoms with E-state index in [1.54, 1.807) is 18.2 Å². The van der Waals surface area contributed by atoms with E-state index in [0.29, 0.717) is 38.0 Å². The predicted molar refractivity (Wildman–Crippen MR) is 124 cm³/mol. The van der Waals surface area contributed by atoms with Gasteiger partial charge < -0.3 is 20.9 Å². The molecule has 0 aromatic heterocycles. The first-order valence-corrected chi connectivity index (χ1v) is 11.3. The minimum absolute atomic E-state index is 0.0324. The van der Waals surface area contributed by atoms with E-state index in [9.17, 15) is 24.2 Å². The van der Waals surface area contributed by atoms with Crippen LogP contribution in [0, 0.1) is 17.6 Å². The van der Waals surface area contributed by atoms with Gasteiger partial charge in [0.2, 0.25) is 5.91 Å². The molecule has 1 fully saturated rings. The summed E-state index contributed by atoms with van der Waals surface area (Å²) < 4.78 is 33.6. The van der Waals surface area contributed by atoms with Gasteiger partial charge in [-0.25, -0.2) is 8.78 Å². The highest BCUT2D eigenvalue weighted by Gasteiger charge is 2.36. The summed E-state index contributed by atoms with van der Waals surface area (Å²) in [5, 5.41) is 15.7. The monoisotopic (exact) mass is 473 g/mol. The topological polar surface area (TPSA) is 133 Å². The van der Waals surface area contributed by atoms with Gasteiger partial charge in [-0.3, -0.25) is 4.79 Å². The minimum atomic E-state index is -1.14. The van der Waals surface area contributed by atoms with Crippen molar-refractivity contribution < 1.29 is 23.4 Å².